The molecule has 2 heterocycles. The van der Waals surface area contributed by atoms with Crippen LogP contribution in [0.4, 0.5) is 0 Å². The van der Waals surface area contributed by atoms with Gasteiger partial charge in [-0.05, 0) is 49.5 Å². The van der Waals surface area contributed by atoms with Crippen LogP contribution in [-0.4, -0.2) is 42.5 Å². The zero-order valence-electron chi connectivity index (χ0n) is 14.2. The summed E-state index contributed by atoms with van der Waals surface area (Å²) in [6.07, 6.45) is 4.95. The number of imidazole rings is 1. The van der Waals surface area contributed by atoms with Crippen LogP contribution in [0.15, 0.2) is 41.8 Å². The Balaban J connectivity index is 1.46. The molecule has 25 heavy (non-hydrogen) atoms. The van der Waals surface area contributed by atoms with Gasteiger partial charge in [-0.15, -0.1) is 0 Å². The van der Waals surface area contributed by atoms with Crippen LogP contribution in [0, 0.1) is 5.92 Å². The van der Waals surface area contributed by atoms with Crippen molar-refractivity contribution in [1.29, 1.82) is 0 Å². The number of halogens is 1. The second-order valence-electron chi connectivity index (χ2n) is 6.58. The van der Waals surface area contributed by atoms with E-state index in [1.165, 1.54) is 18.1 Å². The van der Waals surface area contributed by atoms with Crippen molar-refractivity contribution in [3.63, 3.8) is 0 Å². The zero-order valence-corrected chi connectivity index (χ0v) is 15.8. The summed E-state index contributed by atoms with van der Waals surface area (Å²) >= 11 is 6.03. The summed E-state index contributed by atoms with van der Waals surface area (Å²) in [6.45, 7) is 3.27. The van der Waals surface area contributed by atoms with Crippen LogP contribution in [-0.2, 0) is 23.6 Å². The molecule has 1 aliphatic rings. The summed E-state index contributed by atoms with van der Waals surface area (Å²) in [5.74, 6) is 0.356. The van der Waals surface area contributed by atoms with Gasteiger partial charge in [-0.25, -0.2) is 18.1 Å². The van der Waals surface area contributed by atoms with Gasteiger partial charge in [0.15, 0.2) is 5.03 Å². The number of rotatable bonds is 6. The van der Waals surface area contributed by atoms with E-state index in [1.807, 2.05) is 18.2 Å². The molecule has 0 radical (unpaired) electrons. The highest BCUT2D eigenvalue weighted by Crippen LogP contribution is 2.20. The van der Waals surface area contributed by atoms with Crippen molar-refractivity contribution in [3.05, 3.63) is 47.4 Å². The number of hydrogen-bond acceptors (Lipinski definition) is 4. The maximum Gasteiger partial charge on any atom is 0.259 e. The van der Waals surface area contributed by atoms with Gasteiger partial charge in [-0.2, -0.15) is 0 Å². The van der Waals surface area contributed by atoms with Gasteiger partial charge in [-0.1, -0.05) is 23.7 Å². The number of aromatic nitrogens is 2. The van der Waals surface area contributed by atoms with Gasteiger partial charge in [0.05, 0.1) is 6.33 Å². The molecule has 2 aromatic rings. The van der Waals surface area contributed by atoms with Crippen LogP contribution in [0.2, 0.25) is 5.02 Å². The average Bonchev–Trinajstić information content (AvgIpc) is 3.02. The topological polar surface area (TPSA) is 67.2 Å². The van der Waals surface area contributed by atoms with E-state index in [0.29, 0.717) is 12.5 Å². The highest BCUT2D eigenvalue weighted by Gasteiger charge is 2.23. The Morgan fingerprint density at radius 1 is 1.32 bits per heavy atom. The lowest BCUT2D eigenvalue weighted by molar-refractivity contribution is 0.178. The van der Waals surface area contributed by atoms with Gasteiger partial charge < -0.3 is 4.57 Å². The molecule has 0 saturated carbocycles. The zero-order chi connectivity index (χ0) is 17.9. The fourth-order valence-electron chi connectivity index (χ4n) is 3.07. The molecule has 0 bridgehead atoms. The molecule has 1 saturated heterocycles. The lowest BCUT2D eigenvalue weighted by Crippen LogP contribution is -2.38. The van der Waals surface area contributed by atoms with E-state index in [1.54, 1.807) is 11.6 Å². The van der Waals surface area contributed by atoms with Crippen LogP contribution in [0.25, 0.3) is 0 Å². The fourth-order valence-corrected chi connectivity index (χ4v) is 4.38. The molecule has 1 fully saturated rings. The molecule has 1 N–H and O–H groups in total. The van der Waals surface area contributed by atoms with Gasteiger partial charge in [0, 0.05) is 31.4 Å². The van der Waals surface area contributed by atoms with E-state index in [-0.39, 0.29) is 5.03 Å². The molecule has 0 unspecified atom stereocenters. The predicted molar refractivity (Wildman–Crippen MR) is 97.8 cm³/mol. The van der Waals surface area contributed by atoms with Gasteiger partial charge in [0.25, 0.3) is 10.0 Å². The smallest absolute Gasteiger partial charge is 0.259 e. The van der Waals surface area contributed by atoms with Gasteiger partial charge in [0.2, 0.25) is 0 Å². The van der Waals surface area contributed by atoms with E-state index in [4.69, 9.17) is 11.6 Å². The summed E-state index contributed by atoms with van der Waals surface area (Å²) in [7, 11) is -1.76. The summed E-state index contributed by atoms with van der Waals surface area (Å²) in [6, 6.07) is 7.93. The molecule has 0 aliphatic carbocycles. The minimum absolute atomic E-state index is 0.0772. The molecule has 1 aromatic carbocycles. The van der Waals surface area contributed by atoms with Gasteiger partial charge in [0.1, 0.15) is 0 Å². The summed E-state index contributed by atoms with van der Waals surface area (Å²) in [5.41, 5.74) is 1.21. The quantitative estimate of drug-likeness (QED) is 0.832. The normalized spacial score (nSPS) is 17.0. The van der Waals surface area contributed by atoms with Crippen molar-refractivity contribution in [3.8, 4) is 0 Å². The van der Waals surface area contributed by atoms with Crippen molar-refractivity contribution in [1.82, 2.24) is 19.2 Å². The Morgan fingerprint density at radius 3 is 2.72 bits per heavy atom. The lowest BCUT2D eigenvalue weighted by Gasteiger charge is -2.32. The maximum absolute atomic E-state index is 12.2. The number of nitrogens with zero attached hydrogens (tertiary/aromatic N) is 3. The molecular formula is C17H23ClN4O2S. The second kappa shape index (κ2) is 7.86. The number of hydrogen-bond donors (Lipinski definition) is 1. The lowest BCUT2D eigenvalue weighted by atomic mass is 9.97. The molecule has 0 atom stereocenters. The van der Waals surface area contributed by atoms with Gasteiger partial charge >= 0.3 is 0 Å². The van der Waals surface area contributed by atoms with Gasteiger partial charge in [-0.3, -0.25) is 4.90 Å². The summed E-state index contributed by atoms with van der Waals surface area (Å²) in [5, 5.41) is 0.838. The monoisotopic (exact) mass is 382 g/mol. The highest BCUT2D eigenvalue weighted by molar-refractivity contribution is 7.89. The van der Waals surface area contributed by atoms with Crippen LogP contribution < -0.4 is 4.72 Å². The van der Waals surface area contributed by atoms with E-state index >= 15 is 0 Å². The first-order valence-corrected chi connectivity index (χ1v) is 10.2. The molecule has 0 amide bonds. The van der Waals surface area contributed by atoms with E-state index in [0.717, 1.165) is 37.5 Å². The molecule has 0 spiro atoms. The highest BCUT2D eigenvalue weighted by atomic mass is 35.5. The van der Waals surface area contributed by atoms with E-state index < -0.39 is 10.0 Å². The molecule has 8 heteroatoms. The third-order valence-corrected chi connectivity index (χ3v) is 6.06. The fraction of sp³-hybridized carbons (Fsp3) is 0.471. The Hall–Kier alpha value is -1.41. The number of sulfonamides is 1. The maximum atomic E-state index is 12.2. The van der Waals surface area contributed by atoms with Crippen molar-refractivity contribution < 1.29 is 8.42 Å². The first-order valence-electron chi connectivity index (χ1n) is 8.37. The Morgan fingerprint density at radius 2 is 2.08 bits per heavy atom. The second-order valence-corrected chi connectivity index (χ2v) is 8.73. The van der Waals surface area contributed by atoms with Crippen LogP contribution in [0.3, 0.4) is 0 Å². The first kappa shape index (κ1) is 18.4. The molecular weight excluding hydrogens is 360 g/mol. The van der Waals surface area contributed by atoms with Crippen molar-refractivity contribution in [2.45, 2.75) is 24.4 Å². The standard InChI is InChI=1S/C17H23ClN4O2S/c1-21-12-17(19-13-21)25(23,24)20-10-14-5-7-22(8-6-14)11-15-3-2-4-16(18)9-15/h2-4,9,12-14,20H,5-8,10-11H2,1H3. The van der Waals surface area contributed by atoms with Crippen LogP contribution in [0.1, 0.15) is 18.4 Å². The largest absolute Gasteiger partial charge is 0.339 e. The number of nitrogens with one attached hydrogen (secondary N) is 1. The molecule has 3 rings (SSSR count). The van der Waals surface area contributed by atoms with Crippen LogP contribution in [0.5, 0.6) is 0 Å². The minimum Gasteiger partial charge on any atom is -0.339 e. The van der Waals surface area contributed by atoms with E-state index in [9.17, 15) is 8.42 Å². The summed E-state index contributed by atoms with van der Waals surface area (Å²) in [4.78, 5) is 6.30. The third-order valence-electron chi connectivity index (χ3n) is 4.52. The number of piperidine rings is 1. The van der Waals surface area contributed by atoms with Crippen LogP contribution >= 0.6 is 11.6 Å². The van der Waals surface area contributed by atoms with Crippen molar-refractivity contribution >= 4 is 21.6 Å². The molecule has 136 valence electrons. The Labute approximate surface area is 153 Å². The van der Waals surface area contributed by atoms with Crippen molar-refractivity contribution in [2.75, 3.05) is 19.6 Å². The minimum atomic E-state index is -3.52. The van der Waals surface area contributed by atoms with E-state index in [2.05, 4.69) is 20.7 Å². The Kier molecular flexibility index (Phi) is 5.78. The molecule has 6 nitrogen and oxygen atoms in total. The first-order chi connectivity index (χ1) is 11.9. The van der Waals surface area contributed by atoms with Crippen molar-refractivity contribution in [2.24, 2.45) is 13.0 Å². The SMILES string of the molecule is Cn1cnc(S(=O)(=O)NCC2CCN(Cc3cccc(Cl)c3)CC2)c1. The third kappa shape index (κ3) is 5.04. The number of benzene rings is 1. The molecule has 1 aromatic heterocycles. The predicted octanol–water partition coefficient (Wildman–Crippen LogP) is 2.26. The number of likely N-dealkylation sites (tertiary alicyclic amines) is 1. The number of aryl methyl sites for hydroxylation is 1. The summed E-state index contributed by atoms with van der Waals surface area (Å²) < 4.78 is 28.8. The Bertz CT molecular complexity index is 814. The average molecular weight is 383 g/mol. The molecule has 1 aliphatic heterocycles.